The Morgan fingerprint density at radius 2 is 1.88 bits per heavy atom. The molecule has 6 nitrogen and oxygen atoms in total. The van der Waals surface area contributed by atoms with Gasteiger partial charge in [0.05, 0.1) is 17.2 Å². The smallest absolute Gasteiger partial charge is 0.320 e. The van der Waals surface area contributed by atoms with Gasteiger partial charge >= 0.3 is 6.03 Å². The van der Waals surface area contributed by atoms with Crippen molar-refractivity contribution in [2.45, 2.75) is 12.5 Å². The standard InChI is InChI=1S/C16H22FN3O3S/c1-18(13-6-11-24(22,23)12-13)16(21)20-9-7-19(8-10-20)15-5-3-2-4-14(15)17/h2-5,13H,6-12H2,1H3. The molecule has 0 aromatic heterocycles. The number of anilines is 1. The number of nitrogens with zero attached hydrogens (tertiary/aromatic N) is 3. The van der Waals surface area contributed by atoms with Crippen molar-refractivity contribution in [1.82, 2.24) is 9.80 Å². The number of halogens is 1. The number of carbonyl (C=O) groups excluding carboxylic acids is 1. The summed E-state index contributed by atoms with van der Waals surface area (Å²) in [6.45, 7) is 2.11. The first-order chi connectivity index (χ1) is 11.4. The van der Waals surface area contributed by atoms with Gasteiger partial charge in [0.1, 0.15) is 5.82 Å². The molecule has 132 valence electrons. The molecular formula is C16H22FN3O3S. The molecule has 2 saturated heterocycles. The Hall–Kier alpha value is -1.83. The van der Waals surface area contributed by atoms with E-state index in [1.54, 1.807) is 35.0 Å². The van der Waals surface area contributed by atoms with Crippen molar-refractivity contribution in [3.8, 4) is 0 Å². The molecule has 0 N–H and O–H groups in total. The molecule has 1 aromatic carbocycles. The molecular weight excluding hydrogens is 333 g/mol. The van der Waals surface area contributed by atoms with E-state index >= 15 is 0 Å². The van der Waals surface area contributed by atoms with Crippen LogP contribution in [0.15, 0.2) is 24.3 Å². The van der Waals surface area contributed by atoms with Crippen molar-refractivity contribution < 1.29 is 17.6 Å². The van der Waals surface area contributed by atoms with Crippen molar-refractivity contribution in [3.63, 3.8) is 0 Å². The highest BCUT2D eigenvalue weighted by Crippen LogP contribution is 2.22. The largest absolute Gasteiger partial charge is 0.366 e. The van der Waals surface area contributed by atoms with Crippen molar-refractivity contribution in [2.24, 2.45) is 0 Å². The third kappa shape index (κ3) is 3.48. The predicted octanol–water partition coefficient (Wildman–Crippen LogP) is 1.19. The van der Waals surface area contributed by atoms with E-state index in [1.807, 2.05) is 4.90 Å². The highest BCUT2D eigenvalue weighted by atomic mass is 32.2. The van der Waals surface area contributed by atoms with Crippen molar-refractivity contribution in [3.05, 3.63) is 30.1 Å². The van der Waals surface area contributed by atoms with Gasteiger partial charge in [-0.15, -0.1) is 0 Å². The van der Waals surface area contributed by atoms with Gasteiger partial charge in [-0.3, -0.25) is 0 Å². The summed E-state index contributed by atoms with van der Waals surface area (Å²) in [6, 6.07) is 6.23. The van der Waals surface area contributed by atoms with Crippen LogP contribution >= 0.6 is 0 Å². The summed E-state index contributed by atoms with van der Waals surface area (Å²) < 4.78 is 37.0. The van der Waals surface area contributed by atoms with Gasteiger partial charge in [0.15, 0.2) is 9.84 Å². The summed E-state index contributed by atoms with van der Waals surface area (Å²) in [5.74, 6) is -0.0635. The predicted molar refractivity (Wildman–Crippen MR) is 90.4 cm³/mol. The van der Waals surface area contributed by atoms with E-state index in [4.69, 9.17) is 0 Å². The number of sulfone groups is 1. The lowest BCUT2D eigenvalue weighted by Gasteiger charge is -2.38. The number of benzene rings is 1. The van der Waals surface area contributed by atoms with Gasteiger partial charge in [0.25, 0.3) is 0 Å². The van der Waals surface area contributed by atoms with Gasteiger partial charge < -0.3 is 14.7 Å². The fraction of sp³-hybridized carbons (Fsp3) is 0.562. The fourth-order valence-corrected chi connectivity index (χ4v) is 5.08. The molecule has 2 fully saturated rings. The van der Waals surface area contributed by atoms with E-state index in [2.05, 4.69) is 0 Å². The SMILES string of the molecule is CN(C(=O)N1CCN(c2ccccc2F)CC1)C1CCS(=O)(=O)C1. The van der Waals surface area contributed by atoms with E-state index in [9.17, 15) is 17.6 Å². The van der Waals surface area contributed by atoms with Crippen LogP contribution < -0.4 is 4.90 Å². The van der Waals surface area contributed by atoms with E-state index in [0.717, 1.165) is 0 Å². The Labute approximate surface area is 141 Å². The average molecular weight is 355 g/mol. The van der Waals surface area contributed by atoms with Gasteiger partial charge in [0, 0.05) is 39.3 Å². The van der Waals surface area contributed by atoms with Crippen LogP contribution in [-0.4, -0.2) is 75.0 Å². The number of piperazine rings is 1. The first kappa shape index (κ1) is 17.0. The summed E-state index contributed by atoms with van der Waals surface area (Å²) in [5.41, 5.74) is 0.555. The molecule has 8 heteroatoms. The van der Waals surface area contributed by atoms with E-state index < -0.39 is 9.84 Å². The fourth-order valence-electron chi connectivity index (χ4n) is 3.31. The van der Waals surface area contributed by atoms with Crippen molar-refractivity contribution in [2.75, 3.05) is 49.6 Å². The lowest BCUT2D eigenvalue weighted by Crippen LogP contribution is -2.54. The second-order valence-corrected chi connectivity index (χ2v) is 8.60. The number of hydrogen-bond donors (Lipinski definition) is 0. The molecule has 3 rings (SSSR count). The van der Waals surface area contributed by atoms with Gasteiger partial charge in [0.2, 0.25) is 0 Å². The van der Waals surface area contributed by atoms with E-state index in [1.165, 1.54) is 6.07 Å². The Morgan fingerprint density at radius 3 is 2.46 bits per heavy atom. The first-order valence-corrected chi connectivity index (χ1v) is 9.91. The zero-order valence-corrected chi connectivity index (χ0v) is 14.5. The van der Waals surface area contributed by atoms with Crippen LogP contribution in [-0.2, 0) is 9.84 Å². The molecule has 0 bridgehead atoms. The zero-order chi connectivity index (χ0) is 17.3. The molecule has 0 radical (unpaired) electrons. The zero-order valence-electron chi connectivity index (χ0n) is 13.7. The minimum atomic E-state index is -3.02. The summed E-state index contributed by atoms with van der Waals surface area (Å²) in [6.07, 6.45) is 0.500. The van der Waals surface area contributed by atoms with Crippen LogP contribution in [0.2, 0.25) is 0 Å². The van der Waals surface area contributed by atoms with Crippen molar-refractivity contribution >= 4 is 21.6 Å². The number of carbonyl (C=O) groups is 1. The molecule has 2 amide bonds. The number of rotatable bonds is 2. The van der Waals surface area contributed by atoms with Gasteiger partial charge in [-0.1, -0.05) is 12.1 Å². The monoisotopic (exact) mass is 355 g/mol. The molecule has 1 atom stereocenters. The lowest BCUT2D eigenvalue weighted by atomic mass is 10.2. The minimum absolute atomic E-state index is 0.0461. The van der Waals surface area contributed by atoms with Crippen LogP contribution in [0.4, 0.5) is 14.9 Å². The maximum Gasteiger partial charge on any atom is 0.320 e. The Kier molecular flexibility index (Phi) is 4.67. The summed E-state index contributed by atoms with van der Waals surface area (Å²) in [4.78, 5) is 17.8. The second kappa shape index (κ2) is 6.58. The van der Waals surface area contributed by atoms with Crippen LogP contribution in [0.1, 0.15) is 6.42 Å². The number of para-hydroxylation sites is 1. The lowest BCUT2D eigenvalue weighted by molar-refractivity contribution is 0.147. The molecule has 1 unspecified atom stereocenters. The Morgan fingerprint density at radius 1 is 1.21 bits per heavy atom. The molecule has 1 aromatic rings. The van der Waals surface area contributed by atoms with Gasteiger partial charge in [-0.2, -0.15) is 0 Å². The Bertz CT molecular complexity index is 717. The highest BCUT2D eigenvalue weighted by molar-refractivity contribution is 7.91. The van der Waals surface area contributed by atoms with Crippen LogP contribution in [0.25, 0.3) is 0 Å². The van der Waals surface area contributed by atoms with Crippen LogP contribution in [0.5, 0.6) is 0 Å². The summed E-state index contributed by atoms with van der Waals surface area (Å²) in [5, 5.41) is 0. The second-order valence-electron chi connectivity index (χ2n) is 6.38. The van der Waals surface area contributed by atoms with E-state index in [-0.39, 0.29) is 29.4 Å². The third-order valence-electron chi connectivity index (χ3n) is 4.80. The molecule has 24 heavy (non-hydrogen) atoms. The van der Waals surface area contributed by atoms with Gasteiger partial charge in [-0.25, -0.2) is 17.6 Å². The minimum Gasteiger partial charge on any atom is -0.366 e. The third-order valence-corrected chi connectivity index (χ3v) is 6.55. The maximum atomic E-state index is 13.8. The van der Waals surface area contributed by atoms with Crippen LogP contribution in [0, 0.1) is 5.82 Å². The number of amides is 2. The molecule has 0 spiro atoms. The van der Waals surface area contributed by atoms with Crippen LogP contribution in [0.3, 0.4) is 0 Å². The van der Waals surface area contributed by atoms with Gasteiger partial charge in [-0.05, 0) is 18.6 Å². The quantitative estimate of drug-likeness (QED) is 0.799. The molecule has 2 aliphatic rings. The number of urea groups is 1. The normalized spacial score (nSPS) is 23.3. The average Bonchev–Trinajstić information content (AvgIpc) is 2.94. The molecule has 0 saturated carbocycles. The first-order valence-electron chi connectivity index (χ1n) is 8.09. The summed E-state index contributed by atoms with van der Waals surface area (Å²) >= 11 is 0. The highest BCUT2D eigenvalue weighted by Gasteiger charge is 2.35. The van der Waals surface area contributed by atoms with E-state index in [0.29, 0.717) is 38.3 Å². The molecule has 2 heterocycles. The maximum absolute atomic E-state index is 13.8. The summed E-state index contributed by atoms with van der Waals surface area (Å²) in [7, 11) is -1.35. The van der Waals surface area contributed by atoms with Crippen molar-refractivity contribution in [1.29, 1.82) is 0 Å². The number of hydrogen-bond acceptors (Lipinski definition) is 4. The molecule has 0 aliphatic carbocycles. The molecule has 2 aliphatic heterocycles. The Balaban J connectivity index is 1.58. The topological polar surface area (TPSA) is 60.9 Å².